The van der Waals surface area contributed by atoms with Crippen molar-refractivity contribution in [1.82, 2.24) is 0 Å². The second-order valence-corrected chi connectivity index (χ2v) is 10.2. The molecule has 2 aliphatic heterocycles. The van der Waals surface area contributed by atoms with Crippen LogP contribution >= 0.6 is 0 Å². The van der Waals surface area contributed by atoms with E-state index in [1.807, 2.05) is 0 Å². The normalized spacial score (nSPS) is 31.0. The van der Waals surface area contributed by atoms with E-state index in [2.05, 4.69) is 75.9 Å². The molecule has 3 fully saturated rings. The SMILES string of the molecule is Cc1cc2c(cc1N1CC3(C)CCC1(C)CC3)-c1ccccc1C2(C)C. The van der Waals surface area contributed by atoms with E-state index in [0.717, 1.165) is 0 Å². The summed E-state index contributed by atoms with van der Waals surface area (Å²) < 4.78 is 0. The van der Waals surface area contributed by atoms with E-state index in [4.69, 9.17) is 0 Å². The van der Waals surface area contributed by atoms with E-state index >= 15 is 0 Å². The molecule has 1 heteroatoms. The Kier molecular flexibility index (Phi) is 3.12. The Labute approximate surface area is 158 Å². The van der Waals surface area contributed by atoms with Crippen LogP contribution in [0.25, 0.3) is 11.1 Å². The first kappa shape index (κ1) is 16.4. The van der Waals surface area contributed by atoms with Gasteiger partial charge in [-0.15, -0.1) is 0 Å². The van der Waals surface area contributed by atoms with Crippen molar-refractivity contribution in [3.05, 3.63) is 53.1 Å². The third-order valence-corrected chi connectivity index (χ3v) is 7.92. The smallest absolute Gasteiger partial charge is 0.0407 e. The summed E-state index contributed by atoms with van der Waals surface area (Å²) in [5.74, 6) is 0. The lowest BCUT2D eigenvalue weighted by molar-refractivity contribution is 0.0928. The second-order valence-electron chi connectivity index (χ2n) is 10.2. The highest BCUT2D eigenvalue weighted by Gasteiger charge is 2.49. The molecule has 0 aromatic heterocycles. The van der Waals surface area contributed by atoms with Crippen molar-refractivity contribution >= 4 is 5.69 Å². The van der Waals surface area contributed by atoms with Gasteiger partial charge in [0.2, 0.25) is 0 Å². The van der Waals surface area contributed by atoms with Gasteiger partial charge in [-0.25, -0.2) is 0 Å². The Bertz CT molecular complexity index is 896. The summed E-state index contributed by atoms with van der Waals surface area (Å²) in [6.45, 7) is 13.3. The van der Waals surface area contributed by atoms with Gasteiger partial charge in [0.25, 0.3) is 0 Å². The van der Waals surface area contributed by atoms with Crippen LogP contribution in [0.3, 0.4) is 0 Å². The zero-order valence-electron chi connectivity index (χ0n) is 16.9. The van der Waals surface area contributed by atoms with Gasteiger partial charge in [-0.2, -0.15) is 0 Å². The largest absolute Gasteiger partial charge is 0.365 e. The maximum atomic E-state index is 2.77. The van der Waals surface area contributed by atoms with Gasteiger partial charge in [0, 0.05) is 23.2 Å². The number of benzene rings is 2. The van der Waals surface area contributed by atoms with Gasteiger partial charge in [-0.1, -0.05) is 51.1 Å². The topological polar surface area (TPSA) is 3.24 Å². The average Bonchev–Trinajstić information content (AvgIpc) is 2.83. The van der Waals surface area contributed by atoms with E-state index in [9.17, 15) is 0 Å². The molecule has 2 heterocycles. The Hall–Kier alpha value is -1.76. The van der Waals surface area contributed by atoms with Gasteiger partial charge in [-0.05, 0) is 78.8 Å². The molecule has 0 N–H and O–H groups in total. The number of hydrogen-bond acceptors (Lipinski definition) is 1. The van der Waals surface area contributed by atoms with Gasteiger partial charge in [-0.3, -0.25) is 0 Å². The van der Waals surface area contributed by atoms with Crippen LogP contribution in [-0.2, 0) is 5.41 Å². The lowest BCUT2D eigenvalue weighted by Crippen LogP contribution is -2.60. The van der Waals surface area contributed by atoms with Crippen LogP contribution in [0.1, 0.15) is 70.1 Å². The molecule has 6 rings (SSSR count). The van der Waals surface area contributed by atoms with Gasteiger partial charge in [0.15, 0.2) is 0 Å². The molecule has 0 unspecified atom stereocenters. The summed E-state index contributed by atoms with van der Waals surface area (Å²) in [6, 6.07) is 14.0. The highest BCUT2D eigenvalue weighted by molar-refractivity contribution is 5.84. The molecule has 2 aromatic carbocycles. The molecule has 4 aliphatic rings. The third kappa shape index (κ3) is 2.03. The highest BCUT2D eigenvalue weighted by atomic mass is 15.2. The van der Waals surface area contributed by atoms with Gasteiger partial charge < -0.3 is 4.90 Å². The molecule has 0 atom stereocenters. The molecule has 2 aliphatic carbocycles. The van der Waals surface area contributed by atoms with Crippen LogP contribution in [0.15, 0.2) is 36.4 Å². The minimum atomic E-state index is 0.103. The fourth-order valence-electron chi connectivity index (χ4n) is 5.90. The zero-order chi connectivity index (χ0) is 18.3. The number of piperidine rings is 2. The monoisotopic (exact) mass is 345 g/mol. The summed E-state index contributed by atoms with van der Waals surface area (Å²) in [7, 11) is 0. The quantitative estimate of drug-likeness (QED) is 0.573. The van der Waals surface area contributed by atoms with E-state index < -0.39 is 0 Å². The maximum absolute atomic E-state index is 2.77. The van der Waals surface area contributed by atoms with Gasteiger partial charge in [0.1, 0.15) is 0 Å². The second kappa shape index (κ2) is 4.94. The predicted molar refractivity (Wildman–Crippen MR) is 111 cm³/mol. The molecule has 1 nitrogen and oxygen atoms in total. The van der Waals surface area contributed by atoms with Crippen molar-refractivity contribution in [2.24, 2.45) is 5.41 Å². The molecule has 1 saturated carbocycles. The van der Waals surface area contributed by atoms with Crippen LogP contribution in [0.5, 0.6) is 0 Å². The maximum Gasteiger partial charge on any atom is 0.0407 e. The fraction of sp³-hybridized carbons (Fsp3) is 0.520. The van der Waals surface area contributed by atoms with Crippen LogP contribution in [0.4, 0.5) is 5.69 Å². The fourth-order valence-corrected chi connectivity index (χ4v) is 5.90. The van der Waals surface area contributed by atoms with Crippen LogP contribution in [0, 0.1) is 12.3 Å². The minimum Gasteiger partial charge on any atom is -0.365 e. The highest BCUT2D eigenvalue weighted by Crippen LogP contribution is 2.54. The zero-order valence-corrected chi connectivity index (χ0v) is 16.9. The number of rotatable bonds is 1. The summed E-state index contributed by atoms with van der Waals surface area (Å²) >= 11 is 0. The van der Waals surface area contributed by atoms with E-state index in [1.54, 1.807) is 0 Å². The van der Waals surface area contributed by atoms with Crippen LogP contribution in [0.2, 0.25) is 0 Å². The predicted octanol–water partition coefficient (Wildman–Crippen LogP) is 6.46. The molecular weight excluding hydrogens is 314 g/mol. The molecule has 0 spiro atoms. The van der Waals surface area contributed by atoms with Crippen LogP contribution in [-0.4, -0.2) is 12.1 Å². The minimum absolute atomic E-state index is 0.103. The summed E-state index contributed by atoms with van der Waals surface area (Å²) in [5, 5.41) is 0. The van der Waals surface area contributed by atoms with Crippen molar-refractivity contribution in [2.75, 3.05) is 11.4 Å². The Balaban J connectivity index is 1.69. The lowest BCUT2D eigenvalue weighted by Gasteiger charge is -2.59. The van der Waals surface area contributed by atoms with E-state index in [1.165, 1.54) is 65.7 Å². The number of anilines is 1. The third-order valence-electron chi connectivity index (χ3n) is 7.92. The molecule has 2 aromatic rings. The summed E-state index contributed by atoms with van der Waals surface area (Å²) in [6.07, 6.45) is 5.45. The average molecular weight is 346 g/mol. The number of hydrogen-bond donors (Lipinski definition) is 0. The number of nitrogens with zero attached hydrogens (tertiary/aromatic N) is 1. The molecule has 2 saturated heterocycles. The molecule has 0 amide bonds. The lowest BCUT2D eigenvalue weighted by atomic mass is 9.63. The van der Waals surface area contributed by atoms with Crippen molar-refractivity contribution in [2.45, 2.75) is 71.3 Å². The molecule has 26 heavy (non-hydrogen) atoms. The first-order chi connectivity index (χ1) is 12.2. The molecule has 2 bridgehead atoms. The van der Waals surface area contributed by atoms with E-state index in [-0.39, 0.29) is 5.41 Å². The molecule has 0 radical (unpaired) electrons. The summed E-state index contributed by atoms with van der Waals surface area (Å²) in [4.78, 5) is 2.77. The van der Waals surface area contributed by atoms with Crippen LogP contribution < -0.4 is 4.90 Å². The first-order valence-corrected chi connectivity index (χ1v) is 10.3. The van der Waals surface area contributed by atoms with Gasteiger partial charge >= 0.3 is 0 Å². The van der Waals surface area contributed by atoms with Gasteiger partial charge in [0.05, 0.1) is 0 Å². The van der Waals surface area contributed by atoms with E-state index in [0.29, 0.717) is 11.0 Å². The Morgan fingerprint density at radius 1 is 0.808 bits per heavy atom. The number of aryl methyl sites for hydroxylation is 1. The Morgan fingerprint density at radius 3 is 2.23 bits per heavy atom. The molecule has 136 valence electrons. The van der Waals surface area contributed by atoms with Crippen molar-refractivity contribution in [3.8, 4) is 11.1 Å². The first-order valence-electron chi connectivity index (χ1n) is 10.3. The Morgan fingerprint density at radius 2 is 1.50 bits per heavy atom. The van der Waals surface area contributed by atoms with Crippen molar-refractivity contribution in [1.29, 1.82) is 0 Å². The van der Waals surface area contributed by atoms with Crippen molar-refractivity contribution < 1.29 is 0 Å². The standard InChI is InChI=1S/C25H31N/c1-17-14-21-19(18-8-6-7-9-20(18)23(21,2)3)15-22(17)26-16-24(4)10-12-25(26,5)13-11-24/h6-9,14-15H,10-13,16H2,1-5H3. The summed E-state index contributed by atoms with van der Waals surface area (Å²) in [5.41, 5.74) is 9.74. The van der Waals surface area contributed by atoms with Crippen molar-refractivity contribution in [3.63, 3.8) is 0 Å². The number of fused-ring (bicyclic) bond motifs is 6. The molecular formula is C25H31N.